The Morgan fingerprint density at radius 2 is 1.97 bits per heavy atom. The smallest absolute Gasteiger partial charge is 0.236 e. The van der Waals surface area contributed by atoms with Crippen LogP contribution in [0.3, 0.4) is 0 Å². The molecule has 170 valence electrons. The molecule has 2 saturated heterocycles. The third-order valence-corrected chi connectivity index (χ3v) is 6.80. The molecule has 0 N–H and O–H groups in total. The fraction of sp³-hybridized carbons (Fsp3) is 0.583. The number of amides is 1. The minimum Gasteiger partial charge on any atom is -0.356 e. The lowest BCUT2D eigenvalue weighted by Crippen LogP contribution is -2.46. The zero-order valence-corrected chi connectivity index (χ0v) is 19.3. The number of carbonyl (C=O) groups excluding carboxylic acids is 1. The number of carbonyl (C=O) groups is 1. The summed E-state index contributed by atoms with van der Waals surface area (Å²) in [6, 6.07) is 3.95. The minimum absolute atomic E-state index is 0.238. The molecule has 2 fully saturated rings. The van der Waals surface area contributed by atoms with Crippen LogP contribution in [0, 0.1) is 19.8 Å². The van der Waals surface area contributed by atoms with E-state index in [0.29, 0.717) is 12.5 Å². The quantitative estimate of drug-likeness (QED) is 0.623. The highest BCUT2D eigenvalue weighted by atomic mass is 16.5. The molecule has 0 saturated carbocycles. The Balaban J connectivity index is 1.42. The van der Waals surface area contributed by atoms with Crippen molar-refractivity contribution in [1.82, 2.24) is 29.6 Å². The monoisotopic (exact) mass is 436 g/mol. The van der Waals surface area contributed by atoms with Gasteiger partial charge >= 0.3 is 0 Å². The number of piperidine rings is 2. The summed E-state index contributed by atoms with van der Waals surface area (Å²) >= 11 is 0. The Kier molecular flexibility index (Phi) is 5.71. The molecule has 0 bridgehead atoms. The van der Waals surface area contributed by atoms with E-state index in [1.165, 1.54) is 6.42 Å². The predicted octanol–water partition coefficient (Wildman–Crippen LogP) is 3.44. The van der Waals surface area contributed by atoms with E-state index in [9.17, 15) is 4.79 Å². The summed E-state index contributed by atoms with van der Waals surface area (Å²) in [5, 5.41) is 8.83. The van der Waals surface area contributed by atoms with Crippen LogP contribution in [0.15, 0.2) is 22.9 Å². The third-order valence-electron chi connectivity index (χ3n) is 6.80. The largest absolute Gasteiger partial charge is 0.356 e. The fourth-order valence-corrected chi connectivity index (χ4v) is 5.27. The minimum atomic E-state index is 0.238. The maximum absolute atomic E-state index is 13.0. The highest BCUT2D eigenvalue weighted by Crippen LogP contribution is 2.35. The van der Waals surface area contributed by atoms with E-state index < -0.39 is 0 Å². The van der Waals surface area contributed by atoms with E-state index in [0.717, 1.165) is 79.5 Å². The summed E-state index contributed by atoms with van der Waals surface area (Å²) in [5.41, 5.74) is 4.65. The van der Waals surface area contributed by atoms with Crippen LogP contribution in [0.25, 0.3) is 17.0 Å². The number of nitrogens with zero attached hydrogens (tertiary/aromatic N) is 6. The number of aryl methyl sites for hydroxylation is 2. The van der Waals surface area contributed by atoms with Gasteiger partial charge in [0.15, 0.2) is 11.4 Å². The number of rotatable bonds is 4. The van der Waals surface area contributed by atoms with Crippen LogP contribution in [0.4, 0.5) is 0 Å². The van der Waals surface area contributed by atoms with Crippen LogP contribution in [0.2, 0.25) is 0 Å². The Labute approximate surface area is 188 Å². The van der Waals surface area contributed by atoms with Crippen LogP contribution in [-0.2, 0) is 4.79 Å². The molecule has 32 heavy (non-hydrogen) atoms. The molecule has 8 heteroatoms. The van der Waals surface area contributed by atoms with Gasteiger partial charge in [0.1, 0.15) is 0 Å². The molecule has 2 atom stereocenters. The number of fused-ring (bicyclic) bond motifs is 1. The van der Waals surface area contributed by atoms with Crippen LogP contribution >= 0.6 is 0 Å². The Bertz CT molecular complexity index is 1120. The van der Waals surface area contributed by atoms with Gasteiger partial charge in [-0.15, -0.1) is 0 Å². The maximum atomic E-state index is 13.0. The van der Waals surface area contributed by atoms with Gasteiger partial charge in [-0.1, -0.05) is 12.1 Å². The van der Waals surface area contributed by atoms with Gasteiger partial charge in [-0.3, -0.25) is 9.69 Å². The normalized spacial score (nSPS) is 22.5. The number of hydrogen-bond acceptors (Lipinski definition) is 6. The van der Waals surface area contributed by atoms with Crippen molar-refractivity contribution in [3.05, 3.63) is 35.4 Å². The van der Waals surface area contributed by atoms with Gasteiger partial charge in [0.25, 0.3) is 0 Å². The molecular formula is C24H32N6O2. The van der Waals surface area contributed by atoms with Gasteiger partial charge in [-0.05, 0) is 52.0 Å². The summed E-state index contributed by atoms with van der Waals surface area (Å²) in [5.74, 6) is 1.82. The van der Waals surface area contributed by atoms with Gasteiger partial charge in [0, 0.05) is 43.9 Å². The van der Waals surface area contributed by atoms with Crippen molar-refractivity contribution in [1.29, 1.82) is 0 Å². The summed E-state index contributed by atoms with van der Waals surface area (Å²) in [6.07, 6.45) is 6.31. The highest BCUT2D eigenvalue weighted by Gasteiger charge is 2.30. The van der Waals surface area contributed by atoms with Crippen molar-refractivity contribution in [3.8, 4) is 11.3 Å². The summed E-state index contributed by atoms with van der Waals surface area (Å²) in [6.45, 7) is 10.2. The van der Waals surface area contributed by atoms with Crippen LogP contribution < -0.4 is 0 Å². The first-order chi connectivity index (χ1) is 15.5. The van der Waals surface area contributed by atoms with E-state index in [2.05, 4.69) is 26.9 Å². The molecule has 0 aliphatic carbocycles. The molecule has 0 spiro atoms. The van der Waals surface area contributed by atoms with Crippen molar-refractivity contribution < 1.29 is 9.32 Å². The van der Waals surface area contributed by atoms with Gasteiger partial charge < -0.3 is 9.42 Å². The molecule has 0 radical (unpaired) electrons. The van der Waals surface area contributed by atoms with Gasteiger partial charge in [0.05, 0.1) is 29.2 Å². The lowest BCUT2D eigenvalue weighted by molar-refractivity contribution is -0.134. The summed E-state index contributed by atoms with van der Waals surface area (Å²) in [7, 11) is 0. The third kappa shape index (κ3) is 4.16. The van der Waals surface area contributed by atoms with Crippen LogP contribution in [-0.4, -0.2) is 68.2 Å². The maximum Gasteiger partial charge on any atom is 0.236 e. The molecule has 3 aromatic rings. The standard InChI is InChI=1S/C24H32N6O2/c1-16-6-4-9-29(13-16)23(31)15-28-8-5-7-19(14-28)24-20(21-10-18(3)27-32-21)12-25-22-11-17(2)26-30(22)24/h10-12,16,19H,4-9,13-15H2,1-3H3. The second kappa shape index (κ2) is 8.65. The highest BCUT2D eigenvalue weighted by molar-refractivity contribution is 5.78. The summed E-state index contributed by atoms with van der Waals surface area (Å²) in [4.78, 5) is 22.0. The van der Waals surface area contributed by atoms with Crippen molar-refractivity contribution in [3.63, 3.8) is 0 Å². The van der Waals surface area contributed by atoms with Gasteiger partial charge in [0.2, 0.25) is 5.91 Å². The Morgan fingerprint density at radius 1 is 1.12 bits per heavy atom. The van der Waals surface area contributed by atoms with Crippen molar-refractivity contribution in [2.45, 2.75) is 52.4 Å². The zero-order valence-electron chi connectivity index (χ0n) is 19.3. The van der Waals surface area contributed by atoms with Gasteiger partial charge in [-0.25, -0.2) is 9.50 Å². The second-order valence-corrected chi connectivity index (χ2v) is 9.61. The molecule has 5 rings (SSSR count). The molecule has 8 nitrogen and oxygen atoms in total. The van der Waals surface area contributed by atoms with E-state index in [1.54, 1.807) is 0 Å². The van der Waals surface area contributed by atoms with E-state index >= 15 is 0 Å². The molecule has 2 unspecified atom stereocenters. The van der Waals surface area contributed by atoms with E-state index in [1.807, 2.05) is 36.7 Å². The number of aromatic nitrogens is 4. The molecule has 2 aliphatic heterocycles. The first kappa shape index (κ1) is 21.1. The summed E-state index contributed by atoms with van der Waals surface area (Å²) < 4.78 is 7.58. The first-order valence-electron chi connectivity index (χ1n) is 11.8. The molecule has 0 aromatic carbocycles. The molecule has 2 aliphatic rings. The fourth-order valence-electron chi connectivity index (χ4n) is 5.27. The van der Waals surface area contributed by atoms with Gasteiger partial charge in [-0.2, -0.15) is 5.10 Å². The average molecular weight is 437 g/mol. The van der Waals surface area contributed by atoms with Crippen molar-refractivity contribution >= 4 is 11.6 Å². The zero-order chi connectivity index (χ0) is 22.2. The lowest BCUT2D eigenvalue weighted by atomic mass is 9.91. The SMILES string of the molecule is Cc1cc(-c2cnc3cc(C)nn3c2C2CCCN(CC(=O)N3CCCC(C)C3)C2)on1. The molecule has 3 aromatic heterocycles. The lowest BCUT2D eigenvalue weighted by Gasteiger charge is -2.36. The second-order valence-electron chi connectivity index (χ2n) is 9.61. The number of hydrogen-bond donors (Lipinski definition) is 0. The molecule has 5 heterocycles. The topological polar surface area (TPSA) is 79.8 Å². The number of likely N-dealkylation sites (tertiary alicyclic amines) is 2. The molecular weight excluding hydrogens is 404 g/mol. The average Bonchev–Trinajstić information content (AvgIpc) is 3.37. The van der Waals surface area contributed by atoms with Crippen LogP contribution in [0.1, 0.15) is 55.6 Å². The van der Waals surface area contributed by atoms with Crippen LogP contribution in [0.5, 0.6) is 0 Å². The Hall–Kier alpha value is -2.74. The first-order valence-corrected chi connectivity index (χ1v) is 11.8. The van der Waals surface area contributed by atoms with E-state index in [-0.39, 0.29) is 11.8 Å². The molecule has 1 amide bonds. The van der Waals surface area contributed by atoms with Crippen molar-refractivity contribution in [2.24, 2.45) is 5.92 Å². The van der Waals surface area contributed by atoms with Crippen molar-refractivity contribution in [2.75, 3.05) is 32.7 Å². The Morgan fingerprint density at radius 3 is 2.75 bits per heavy atom. The van der Waals surface area contributed by atoms with E-state index in [4.69, 9.17) is 9.62 Å². The predicted molar refractivity (Wildman–Crippen MR) is 121 cm³/mol.